The second kappa shape index (κ2) is 5.86. The quantitative estimate of drug-likeness (QED) is 0.774. The Morgan fingerprint density at radius 3 is 2.77 bits per heavy atom. The van der Waals surface area contributed by atoms with Gasteiger partial charge in [0.2, 0.25) is 5.96 Å². The Hall–Kier alpha value is -2.83. The normalized spacial score (nSPS) is 24.8. The summed E-state index contributed by atoms with van der Waals surface area (Å²) in [5.74, 6) is 0.585. The summed E-state index contributed by atoms with van der Waals surface area (Å²) in [7, 11) is 1.71. The molecular weight excluding hydrogens is 330 g/mol. The van der Waals surface area contributed by atoms with Gasteiger partial charge in [0.05, 0.1) is 0 Å². The molecule has 7 nitrogen and oxygen atoms in total. The van der Waals surface area contributed by atoms with E-state index in [0.29, 0.717) is 6.54 Å². The molecule has 0 aromatic heterocycles. The van der Waals surface area contributed by atoms with Gasteiger partial charge in [0, 0.05) is 32.4 Å². The summed E-state index contributed by atoms with van der Waals surface area (Å²) in [5.41, 5.74) is 3.53. The summed E-state index contributed by atoms with van der Waals surface area (Å²) >= 11 is 0. The lowest BCUT2D eigenvalue weighted by atomic mass is 10.1. The van der Waals surface area contributed by atoms with Gasteiger partial charge in [0.15, 0.2) is 12.2 Å². The van der Waals surface area contributed by atoms with Crippen molar-refractivity contribution in [1.29, 1.82) is 0 Å². The van der Waals surface area contributed by atoms with E-state index in [-0.39, 0.29) is 18.5 Å². The van der Waals surface area contributed by atoms with E-state index in [1.165, 1.54) is 16.0 Å². The van der Waals surface area contributed by atoms with Crippen LogP contribution in [0.5, 0.6) is 0 Å². The van der Waals surface area contributed by atoms with E-state index in [1.54, 1.807) is 18.0 Å². The third kappa shape index (κ3) is 2.16. The third-order valence-corrected chi connectivity index (χ3v) is 5.56. The van der Waals surface area contributed by atoms with Crippen LogP contribution in [-0.2, 0) is 4.79 Å². The lowest BCUT2D eigenvalue weighted by Gasteiger charge is -2.40. The summed E-state index contributed by atoms with van der Waals surface area (Å²) in [6, 6.07) is 5.43. The van der Waals surface area contributed by atoms with Crippen molar-refractivity contribution in [3.8, 4) is 0 Å². The van der Waals surface area contributed by atoms with Crippen LogP contribution in [0.4, 0.5) is 10.5 Å². The SMILES string of the molecule is C=CCN1C(=O)C2C(N=C3N(c4cccc(C)c4C)CCN32)N(C)C1=O. The fourth-order valence-corrected chi connectivity index (χ4v) is 3.99. The minimum absolute atomic E-state index is 0.195. The number of imide groups is 1. The predicted octanol–water partition coefficient (Wildman–Crippen LogP) is 1.57. The van der Waals surface area contributed by atoms with Gasteiger partial charge in [0.25, 0.3) is 5.91 Å². The Balaban J connectivity index is 1.71. The number of anilines is 1. The number of carbonyl (C=O) groups is 2. The largest absolute Gasteiger partial charge is 0.328 e. The number of hydrogen-bond donors (Lipinski definition) is 0. The van der Waals surface area contributed by atoms with E-state index in [2.05, 4.69) is 37.5 Å². The summed E-state index contributed by atoms with van der Waals surface area (Å²) < 4.78 is 0. The van der Waals surface area contributed by atoms with Crippen molar-refractivity contribution in [2.75, 3.05) is 31.6 Å². The highest BCUT2D eigenvalue weighted by atomic mass is 16.2. The van der Waals surface area contributed by atoms with Crippen LogP contribution in [0.2, 0.25) is 0 Å². The van der Waals surface area contributed by atoms with E-state index in [9.17, 15) is 9.59 Å². The smallest absolute Gasteiger partial charge is 0.325 e. The number of fused-ring (bicyclic) bond motifs is 3. The molecular formula is C19H23N5O2. The monoisotopic (exact) mass is 353 g/mol. The van der Waals surface area contributed by atoms with Crippen molar-refractivity contribution in [3.05, 3.63) is 42.0 Å². The molecule has 3 aliphatic rings. The first-order valence-corrected chi connectivity index (χ1v) is 8.83. The summed E-state index contributed by atoms with van der Waals surface area (Å²) in [5, 5.41) is 0. The van der Waals surface area contributed by atoms with Crippen molar-refractivity contribution in [2.45, 2.75) is 26.1 Å². The fraction of sp³-hybridized carbons (Fsp3) is 0.421. The number of carbonyl (C=O) groups excluding carboxylic acids is 2. The van der Waals surface area contributed by atoms with Crippen LogP contribution in [0.1, 0.15) is 11.1 Å². The maximum Gasteiger partial charge on any atom is 0.328 e. The van der Waals surface area contributed by atoms with Gasteiger partial charge in [-0.1, -0.05) is 18.2 Å². The van der Waals surface area contributed by atoms with Crippen molar-refractivity contribution in [1.82, 2.24) is 14.7 Å². The maximum atomic E-state index is 13.0. The molecule has 1 aromatic carbocycles. The predicted molar refractivity (Wildman–Crippen MR) is 100 cm³/mol. The molecule has 7 heteroatoms. The molecule has 3 heterocycles. The van der Waals surface area contributed by atoms with E-state index >= 15 is 0 Å². The lowest BCUT2D eigenvalue weighted by Crippen LogP contribution is -2.64. The molecule has 1 aromatic rings. The summed E-state index contributed by atoms with van der Waals surface area (Å²) in [6.07, 6.45) is 1.10. The molecule has 0 spiro atoms. The number of amides is 3. The molecule has 0 aliphatic carbocycles. The first-order valence-electron chi connectivity index (χ1n) is 8.83. The molecule has 0 radical (unpaired) electrons. The van der Waals surface area contributed by atoms with Crippen LogP contribution in [0, 0.1) is 13.8 Å². The standard InChI is InChI=1S/C19H23N5O2/c1-5-9-24-17(25)15-16(21(4)19(24)26)20-18-22(10-11-23(15)18)14-8-6-7-12(2)13(14)3/h5-8,15-16H,1,9-11H2,2-4H3. The van der Waals surface area contributed by atoms with E-state index in [1.807, 2.05) is 11.0 Å². The molecule has 3 amide bonds. The number of benzene rings is 1. The van der Waals surface area contributed by atoms with Gasteiger partial charge in [-0.25, -0.2) is 9.79 Å². The van der Waals surface area contributed by atoms with E-state index < -0.39 is 12.2 Å². The second-order valence-electron chi connectivity index (χ2n) is 6.98. The van der Waals surface area contributed by atoms with Gasteiger partial charge in [-0.3, -0.25) is 9.69 Å². The average Bonchev–Trinajstić information content (AvgIpc) is 3.18. The van der Waals surface area contributed by atoms with Crippen LogP contribution >= 0.6 is 0 Å². The molecule has 0 N–H and O–H groups in total. The zero-order chi connectivity index (χ0) is 18.6. The van der Waals surface area contributed by atoms with Gasteiger partial charge in [0.1, 0.15) is 0 Å². The molecule has 2 unspecified atom stereocenters. The topological polar surface area (TPSA) is 59.5 Å². The van der Waals surface area contributed by atoms with Crippen LogP contribution in [0.15, 0.2) is 35.8 Å². The Morgan fingerprint density at radius 2 is 2.04 bits per heavy atom. The first kappa shape index (κ1) is 16.6. The van der Waals surface area contributed by atoms with Gasteiger partial charge in [-0.2, -0.15) is 0 Å². The van der Waals surface area contributed by atoms with Crippen molar-refractivity contribution < 1.29 is 9.59 Å². The highest BCUT2D eigenvalue weighted by molar-refractivity contribution is 6.08. The molecule has 2 atom stereocenters. The Morgan fingerprint density at radius 1 is 1.27 bits per heavy atom. The average molecular weight is 353 g/mol. The van der Waals surface area contributed by atoms with Gasteiger partial charge in [-0.05, 0) is 31.0 Å². The van der Waals surface area contributed by atoms with Crippen LogP contribution in [0.3, 0.4) is 0 Å². The number of guanidine groups is 1. The lowest BCUT2D eigenvalue weighted by molar-refractivity contribution is -0.136. The van der Waals surface area contributed by atoms with Crippen LogP contribution in [0.25, 0.3) is 0 Å². The minimum Gasteiger partial charge on any atom is -0.325 e. The number of rotatable bonds is 3. The molecule has 4 rings (SSSR count). The minimum atomic E-state index is -0.473. The highest BCUT2D eigenvalue weighted by Crippen LogP contribution is 2.34. The number of urea groups is 1. The summed E-state index contributed by atoms with van der Waals surface area (Å²) in [6.45, 7) is 9.55. The van der Waals surface area contributed by atoms with Crippen LogP contribution < -0.4 is 4.90 Å². The zero-order valence-electron chi connectivity index (χ0n) is 15.3. The van der Waals surface area contributed by atoms with E-state index in [4.69, 9.17) is 4.99 Å². The number of aliphatic imine (C=N–C) groups is 1. The Kier molecular flexibility index (Phi) is 3.75. The van der Waals surface area contributed by atoms with E-state index in [0.717, 1.165) is 18.2 Å². The second-order valence-corrected chi connectivity index (χ2v) is 6.98. The van der Waals surface area contributed by atoms with Crippen LogP contribution in [-0.4, -0.2) is 71.5 Å². The number of nitrogens with zero attached hydrogens (tertiary/aromatic N) is 5. The maximum absolute atomic E-state index is 13.0. The highest BCUT2D eigenvalue weighted by Gasteiger charge is 2.54. The number of hydrogen-bond acceptors (Lipinski definition) is 5. The number of aryl methyl sites for hydroxylation is 1. The van der Waals surface area contributed by atoms with Gasteiger partial charge >= 0.3 is 6.03 Å². The van der Waals surface area contributed by atoms with Crippen molar-refractivity contribution in [2.24, 2.45) is 4.99 Å². The third-order valence-electron chi connectivity index (χ3n) is 5.56. The molecule has 26 heavy (non-hydrogen) atoms. The fourth-order valence-electron chi connectivity index (χ4n) is 3.99. The number of likely N-dealkylation sites (N-methyl/N-ethyl adjacent to an activating group) is 1. The van der Waals surface area contributed by atoms with Crippen molar-refractivity contribution >= 4 is 23.6 Å². The molecule has 2 saturated heterocycles. The van der Waals surface area contributed by atoms with Gasteiger partial charge in [-0.15, -0.1) is 6.58 Å². The first-order chi connectivity index (χ1) is 12.5. The molecule has 2 fully saturated rings. The zero-order valence-corrected chi connectivity index (χ0v) is 15.3. The molecule has 0 saturated carbocycles. The van der Waals surface area contributed by atoms with Crippen molar-refractivity contribution in [3.63, 3.8) is 0 Å². The Labute approximate surface area is 153 Å². The molecule has 0 bridgehead atoms. The molecule has 3 aliphatic heterocycles. The summed E-state index contributed by atoms with van der Waals surface area (Å²) in [4.78, 5) is 37.3. The van der Waals surface area contributed by atoms with Gasteiger partial charge < -0.3 is 14.7 Å². The molecule has 136 valence electrons. The Bertz CT molecular complexity index is 833.